The van der Waals surface area contributed by atoms with E-state index in [9.17, 15) is 18.8 Å². The van der Waals surface area contributed by atoms with E-state index < -0.39 is 11.2 Å². The van der Waals surface area contributed by atoms with Crippen molar-refractivity contribution in [2.24, 2.45) is 14.1 Å². The monoisotopic (exact) mass is 493 g/mol. The van der Waals surface area contributed by atoms with Gasteiger partial charge in [-0.3, -0.25) is 18.7 Å². The molecule has 0 radical (unpaired) electrons. The maximum absolute atomic E-state index is 13.4. The lowest BCUT2D eigenvalue weighted by Gasteiger charge is -2.22. The van der Waals surface area contributed by atoms with Gasteiger partial charge in [0.15, 0.2) is 16.3 Å². The first-order valence-electron chi connectivity index (χ1n) is 11.2. The molecule has 0 aliphatic carbocycles. The van der Waals surface area contributed by atoms with Crippen molar-refractivity contribution >= 4 is 34.5 Å². The quantitative estimate of drug-likeness (QED) is 0.400. The largest absolute Gasteiger partial charge is 0.332 e. The van der Waals surface area contributed by atoms with E-state index in [2.05, 4.69) is 4.98 Å². The Morgan fingerprint density at radius 2 is 1.80 bits per heavy atom. The number of aryl methyl sites for hydroxylation is 1. The second-order valence-electron chi connectivity index (χ2n) is 8.72. The Balaban J connectivity index is 1.53. The molecule has 4 aromatic rings. The van der Waals surface area contributed by atoms with Crippen molar-refractivity contribution in [3.05, 3.63) is 86.3 Å². The minimum atomic E-state index is -0.482. The highest BCUT2D eigenvalue weighted by molar-refractivity contribution is 7.99. The molecule has 8 nitrogen and oxygen atoms in total. The number of carbonyl (C=O) groups is 1. The van der Waals surface area contributed by atoms with Crippen molar-refractivity contribution in [3.63, 3.8) is 0 Å². The van der Waals surface area contributed by atoms with Crippen LogP contribution in [0.25, 0.3) is 11.2 Å². The number of thioether (sulfide) groups is 1. The topological polar surface area (TPSA) is 82.1 Å². The number of benzene rings is 2. The lowest BCUT2D eigenvalue weighted by atomic mass is 10.1. The zero-order valence-corrected chi connectivity index (χ0v) is 20.4. The molecule has 5 rings (SSSR count). The first kappa shape index (κ1) is 23.1. The summed E-state index contributed by atoms with van der Waals surface area (Å²) in [6, 6.07) is 13.9. The number of hydrogen-bond acceptors (Lipinski definition) is 5. The van der Waals surface area contributed by atoms with Crippen molar-refractivity contribution in [2.45, 2.75) is 31.1 Å². The van der Waals surface area contributed by atoms with Gasteiger partial charge in [0.05, 0.1) is 12.3 Å². The van der Waals surface area contributed by atoms with E-state index in [1.165, 1.54) is 35.5 Å². The Bertz CT molecular complexity index is 1570. The summed E-state index contributed by atoms with van der Waals surface area (Å²) in [5, 5.41) is 0.441. The van der Waals surface area contributed by atoms with Crippen molar-refractivity contribution in [1.82, 2.24) is 18.7 Å². The van der Waals surface area contributed by atoms with Crippen molar-refractivity contribution in [1.29, 1.82) is 0 Å². The Kier molecular flexibility index (Phi) is 5.84. The molecule has 1 aliphatic heterocycles. The number of hydrogen-bond donors (Lipinski definition) is 0. The molecule has 0 N–H and O–H groups in total. The molecular formula is C25H24FN5O3S. The summed E-state index contributed by atoms with van der Waals surface area (Å²) < 4.78 is 17.5. The number of fused-ring (bicyclic) bond motifs is 2. The molecule has 0 saturated carbocycles. The van der Waals surface area contributed by atoms with Crippen LogP contribution < -0.4 is 16.1 Å². The molecule has 2 aromatic heterocycles. The van der Waals surface area contributed by atoms with E-state index in [4.69, 9.17) is 0 Å². The number of aromatic nitrogens is 4. The third-order valence-electron chi connectivity index (χ3n) is 6.37. The average Bonchev–Trinajstić information content (AvgIpc) is 3.38. The molecule has 35 heavy (non-hydrogen) atoms. The van der Waals surface area contributed by atoms with Crippen LogP contribution in [-0.4, -0.2) is 36.4 Å². The Morgan fingerprint density at radius 1 is 1.09 bits per heavy atom. The summed E-state index contributed by atoms with van der Waals surface area (Å²) in [5.41, 5.74) is 2.37. The van der Waals surface area contributed by atoms with Gasteiger partial charge in [-0.15, -0.1) is 0 Å². The molecular weight excluding hydrogens is 469 g/mol. The first-order chi connectivity index (χ1) is 16.8. The van der Waals surface area contributed by atoms with E-state index in [0.717, 1.165) is 27.8 Å². The van der Waals surface area contributed by atoms with Gasteiger partial charge in [-0.2, -0.15) is 0 Å². The second kappa shape index (κ2) is 8.84. The fraction of sp³-hybridized carbons (Fsp3) is 0.280. The van der Waals surface area contributed by atoms with Gasteiger partial charge in [0.25, 0.3) is 5.56 Å². The summed E-state index contributed by atoms with van der Waals surface area (Å²) in [7, 11) is 2.98. The molecule has 0 spiro atoms. The van der Waals surface area contributed by atoms with E-state index in [-0.39, 0.29) is 41.2 Å². The Hall–Kier alpha value is -3.66. The minimum absolute atomic E-state index is 0.0478. The van der Waals surface area contributed by atoms with Crippen LogP contribution in [0.4, 0.5) is 10.1 Å². The van der Waals surface area contributed by atoms with Crippen molar-refractivity contribution in [3.8, 4) is 0 Å². The maximum atomic E-state index is 13.4. The lowest BCUT2D eigenvalue weighted by Crippen LogP contribution is -2.37. The van der Waals surface area contributed by atoms with Crippen LogP contribution in [0, 0.1) is 5.82 Å². The average molecular weight is 494 g/mol. The van der Waals surface area contributed by atoms with Gasteiger partial charge in [0.1, 0.15) is 5.82 Å². The molecule has 0 bridgehead atoms. The number of anilines is 1. The number of nitrogens with zero attached hydrogens (tertiary/aromatic N) is 5. The fourth-order valence-electron chi connectivity index (χ4n) is 4.60. The molecule has 0 fully saturated rings. The van der Waals surface area contributed by atoms with Gasteiger partial charge in [-0.05, 0) is 42.7 Å². The van der Waals surface area contributed by atoms with Gasteiger partial charge in [0.2, 0.25) is 5.91 Å². The first-order valence-corrected chi connectivity index (χ1v) is 12.2. The lowest BCUT2D eigenvalue weighted by molar-refractivity contribution is -0.116. The second-order valence-corrected chi connectivity index (χ2v) is 9.66. The molecule has 1 aliphatic rings. The number of imidazole rings is 1. The van der Waals surface area contributed by atoms with Crippen LogP contribution in [0.5, 0.6) is 0 Å². The molecule has 3 heterocycles. The number of carbonyl (C=O) groups excluding carboxylic acids is 1. The van der Waals surface area contributed by atoms with Crippen LogP contribution in [0.1, 0.15) is 18.1 Å². The summed E-state index contributed by atoms with van der Waals surface area (Å²) in [6.45, 7) is 2.26. The van der Waals surface area contributed by atoms with Gasteiger partial charge >= 0.3 is 5.69 Å². The molecule has 0 unspecified atom stereocenters. The SMILES string of the molecule is C[C@@H]1Cc2ccccc2N1C(=O)CSc1nc2c(c(=O)n(C)c(=O)n2C)n1Cc1ccc(F)cc1. The number of halogens is 1. The predicted molar refractivity (Wildman–Crippen MR) is 134 cm³/mol. The van der Waals surface area contributed by atoms with Gasteiger partial charge in [0, 0.05) is 25.8 Å². The molecule has 1 amide bonds. The van der Waals surface area contributed by atoms with E-state index in [1.807, 2.05) is 36.1 Å². The highest BCUT2D eigenvalue weighted by atomic mass is 32.2. The summed E-state index contributed by atoms with van der Waals surface area (Å²) in [6.07, 6.45) is 0.799. The molecule has 2 aromatic carbocycles. The number of rotatable bonds is 5. The van der Waals surface area contributed by atoms with Crippen LogP contribution in [0.2, 0.25) is 0 Å². The summed E-state index contributed by atoms with van der Waals surface area (Å²) in [4.78, 5) is 45.2. The molecule has 10 heteroatoms. The van der Waals surface area contributed by atoms with E-state index in [0.29, 0.717) is 5.16 Å². The van der Waals surface area contributed by atoms with Crippen LogP contribution in [-0.2, 0) is 31.9 Å². The van der Waals surface area contributed by atoms with E-state index in [1.54, 1.807) is 23.7 Å². The van der Waals surface area contributed by atoms with E-state index >= 15 is 0 Å². The molecule has 0 saturated heterocycles. The fourth-order valence-corrected chi connectivity index (χ4v) is 5.45. The van der Waals surface area contributed by atoms with Crippen molar-refractivity contribution in [2.75, 3.05) is 10.7 Å². The summed E-state index contributed by atoms with van der Waals surface area (Å²) >= 11 is 1.22. The number of amides is 1. The van der Waals surface area contributed by atoms with Gasteiger partial charge in [-0.25, -0.2) is 14.2 Å². The summed E-state index contributed by atoms with van der Waals surface area (Å²) in [5.74, 6) is -0.308. The standard InChI is InChI=1S/C25H24FN5O3S/c1-15-12-17-6-4-5-7-19(17)31(15)20(32)14-35-24-27-22-21(23(33)29(3)25(34)28(22)2)30(24)13-16-8-10-18(26)11-9-16/h4-11,15H,12-14H2,1-3H3/t15-/m1/s1. The Morgan fingerprint density at radius 3 is 2.54 bits per heavy atom. The van der Waals surface area contributed by atoms with Gasteiger partial charge in [-0.1, -0.05) is 42.1 Å². The van der Waals surface area contributed by atoms with Crippen LogP contribution in [0.15, 0.2) is 63.3 Å². The van der Waals surface area contributed by atoms with Crippen LogP contribution in [0.3, 0.4) is 0 Å². The highest BCUT2D eigenvalue weighted by Gasteiger charge is 2.31. The smallest absolute Gasteiger partial charge is 0.309 e. The third-order valence-corrected chi connectivity index (χ3v) is 7.33. The zero-order valence-electron chi connectivity index (χ0n) is 19.6. The van der Waals surface area contributed by atoms with Crippen LogP contribution >= 0.6 is 11.8 Å². The van der Waals surface area contributed by atoms with Gasteiger partial charge < -0.3 is 9.47 Å². The predicted octanol–water partition coefficient (Wildman–Crippen LogP) is 2.69. The normalized spacial score (nSPS) is 15.1. The maximum Gasteiger partial charge on any atom is 0.332 e. The third kappa shape index (κ3) is 3.97. The van der Waals surface area contributed by atoms with Crippen molar-refractivity contribution < 1.29 is 9.18 Å². The number of para-hydroxylation sites is 1. The molecule has 1 atom stereocenters. The highest BCUT2D eigenvalue weighted by Crippen LogP contribution is 2.33. The minimum Gasteiger partial charge on any atom is -0.309 e. The molecule has 180 valence electrons. The zero-order chi connectivity index (χ0) is 24.9. The Labute approximate surface area is 204 Å².